The first kappa shape index (κ1) is 10.5. The Morgan fingerprint density at radius 2 is 1.67 bits per heavy atom. The number of hydrogen-bond acceptors (Lipinski definition) is 0. The van der Waals surface area contributed by atoms with Crippen LogP contribution >= 0.6 is 36.1 Å². The van der Waals surface area contributed by atoms with Crippen molar-refractivity contribution in [3.63, 3.8) is 0 Å². The van der Waals surface area contributed by atoms with Gasteiger partial charge in [0.15, 0.2) is 0 Å². The molecule has 1 aliphatic heterocycles. The van der Waals surface area contributed by atoms with Gasteiger partial charge in [0.05, 0.1) is 0 Å². The molecule has 0 saturated carbocycles. The van der Waals surface area contributed by atoms with Gasteiger partial charge in [0.2, 0.25) is 0 Å². The van der Waals surface area contributed by atoms with E-state index in [0.717, 1.165) is 0 Å². The fourth-order valence-electron chi connectivity index (χ4n) is 0.248. The molecule has 0 fully saturated rings. The second-order valence-electron chi connectivity index (χ2n) is 1.05. The molecule has 0 aliphatic carbocycles. The van der Waals surface area contributed by atoms with Crippen LogP contribution < -0.4 is 0 Å². The molecule has 5 heteroatoms. The zero-order valence-corrected chi connectivity index (χ0v) is 9.11. The van der Waals surface area contributed by atoms with Crippen molar-refractivity contribution in [2.75, 3.05) is 0 Å². The monoisotopic (exact) mass is 236 g/mol. The van der Waals surface area contributed by atoms with Gasteiger partial charge in [0.1, 0.15) is 0 Å². The fraction of sp³-hybridized carbons (Fsp3) is 0. The predicted octanol–water partition coefficient (Wildman–Crippen LogP) is 3.53. The topological polar surface area (TPSA) is 0 Å². The zero-order valence-electron chi connectivity index (χ0n) is 4.39. The van der Waals surface area contributed by atoms with Gasteiger partial charge in [-0.2, -0.15) is 0 Å². The average molecular weight is 237 g/mol. The van der Waals surface area contributed by atoms with E-state index >= 15 is 0 Å². The van der Waals surface area contributed by atoms with E-state index in [-0.39, 0.29) is 0 Å². The van der Waals surface area contributed by atoms with Crippen LogP contribution in [0.1, 0.15) is 0 Å². The molecule has 0 atom stereocenters. The molecule has 0 unspecified atom stereocenters. The summed E-state index contributed by atoms with van der Waals surface area (Å²) in [5, 5.41) is 0. The Labute approximate surface area is 74.4 Å². The van der Waals surface area contributed by atoms with Crippen molar-refractivity contribution in [1.82, 2.24) is 0 Å². The third-order valence-electron chi connectivity index (χ3n) is 0.455. The molecule has 0 bridgehead atoms. The van der Waals surface area contributed by atoms with Crippen molar-refractivity contribution in [2.45, 2.75) is 0 Å². The minimum absolute atomic E-state index is 1.33. The molecule has 1 aliphatic rings. The Morgan fingerprint density at radius 3 is 1.78 bits per heavy atom. The molecule has 1 heterocycles. The maximum atomic E-state index is 4.97. The Bertz CT molecular complexity index is 99.6. The standard InChI is InChI=1S/C4H4P.3ClH.Ti/c1-2-4-5-3-1;;;;/h1-4H;3*1H;/q;;;;+3/p-3. The first-order valence-corrected chi connectivity index (χ1v) is 9.56. The number of allylic oxidation sites excluding steroid dienone is 2. The Balaban J connectivity index is 0.000000148. The van der Waals surface area contributed by atoms with Crippen LogP contribution in [0.4, 0.5) is 0 Å². The van der Waals surface area contributed by atoms with Crippen molar-refractivity contribution in [1.29, 1.82) is 0 Å². The molecule has 0 nitrogen and oxygen atoms in total. The van der Waals surface area contributed by atoms with Gasteiger partial charge >= 0.3 is 42.6 Å². The van der Waals surface area contributed by atoms with Crippen LogP contribution in [0.2, 0.25) is 0 Å². The summed E-state index contributed by atoms with van der Waals surface area (Å²) >= 11 is -1.92. The molecule has 0 aromatic carbocycles. The summed E-state index contributed by atoms with van der Waals surface area (Å²) in [5.41, 5.74) is 0. The number of rotatable bonds is 0. The van der Waals surface area contributed by atoms with Crippen LogP contribution in [0.15, 0.2) is 12.2 Å². The summed E-state index contributed by atoms with van der Waals surface area (Å²) in [6, 6.07) is 0. The summed E-state index contributed by atoms with van der Waals surface area (Å²) in [7, 11) is 16.2. The Hall–Kier alpha value is 1.49. The van der Waals surface area contributed by atoms with E-state index in [1.165, 1.54) is 8.20 Å². The van der Waals surface area contributed by atoms with Gasteiger partial charge in [-0.05, 0) is 5.80 Å². The van der Waals surface area contributed by atoms with Crippen LogP contribution in [-0.2, 0) is 14.7 Å². The third-order valence-corrected chi connectivity index (χ3v) is 1.14. The molecule has 1 rings (SSSR count). The summed E-state index contributed by atoms with van der Waals surface area (Å²) in [6.45, 7) is 0. The summed E-state index contributed by atoms with van der Waals surface area (Å²) < 4.78 is 0. The SMILES string of the molecule is [CH]1C=CC=P1.[Cl][Ti]([Cl])[Cl]. The quantitative estimate of drug-likeness (QED) is 0.446. The number of hydrogen-bond donors (Lipinski definition) is 0. The molecule has 0 N–H and O–H groups in total. The second kappa shape index (κ2) is 7.60. The molecule has 0 aromatic heterocycles. The van der Waals surface area contributed by atoms with E-state index in [0.29, 0.717) is 0 Å². The van der Waals surface area contributed by atoms with Gasteiger partial charge in [0.25, 0.3) is 0 Å². The molecule has 0 spiro atoms. The molecule has 50 valence electrons. The zero-order chi connectivity index (χ0) is 7.11. The average Bonchev–Trinajstić information content (AvgIpc) is 2.11. The third kappa shape index (κ3) is 12.6. The van der Waals surface area contributed by atoms with E-state index in [1.807, 2.05) is 12.2 Å². The van der Waals surface area contributed by atoms with Gasteiger partial charge < -0.3 is 0 Å². The molecular weight excluding hydrogens is 233 g/mol. The summed E-state index contributed by atoms with van der Waals surface area (Å²) in [4.78, 5) is 0. The van der Waals surface area contributed by atoms with E-state index in [2.05, 4.69) is 12.0 Å². The molecule has 0 amide bonds. The first-order valence-electron chi connectivity index (χ1n) is 2.08. The van der Waals surface area contributed by atoms with E-state index in [9.17, 15) is 0 Å². The van der Waals surface area contributed by atoms with E-state index in [4.69, 9.17) is 27.9 Å². The van der Waals surface area contributed by atoms with E-state index in [1.54, 1.807) is 0 Å². The van der Waals surface area contributed by atoms with Gasteiger partial charge in [-0.25, -0.2) is 0 Å². The Kier molecular flexibility index (Phi) is 8.86. The van der Waals surface area contributed by atoms with Crippen LogP contribution in [0, 0.1) is 6.16 Å². The molecule has 9 heavy (non-hydrogen) atoms. The summed E-state index contributed by atoms with van der Waals surface area (Å²) in [5.74, 6) is 2.10. The first-order chi connectivity index (χ1) is 4.23. The van der Waals surface area contributed by atoms with Crippen molar-refractivity contribution >= 4 is 41.9 Å². The molecule has 0 aromatic rings. The number of halogens is 3. The summed E-state index contributed by atoms with van der Waals surface area (Å²) in [6.07, 6.45) is 6.18. The van der Waals surface area contributed by atoms with Crippen molar-refractivity contribution in [3.8, 4) is 0 Å². The second-order valence-corrected chi connectivity index (χ2v) is 9.68. The Morgan fingerprint density at radius 1 is 1.11 bits per heavy atom. The maximum absolute atomic E-state index is 4.97. The fourth-order valence-corrected chi connectivity index (χ4v) is 0.745. The molecular formula is C4H4Cl3PTi. The molecule has 1 radical (unpaired) electrons. The van der Waals surface area contributed by atoms with Crippen LogP contribution in [0.3, 0.4) is 0 Å². The van der Waals surface area contributed by atoms with Gasteiger partial charge in [0, 0.05) is 6.16 Å². The van der Waals surface area contributed by atoms with Crippen LogP contribution in [0.5, 0.6) is 0 Å². The van der Waals surface area contributed by atoms with Gasteiger partial charge in [-0.1, -0.05) is 20.4 Å². The minimum atomic E-state index is -1.92. The predicted molar refractivity (Wildman–Crippen MR) is 44.0 cm³/mol. The van der Waals surface area contributed by atoms with Crippen molar-refractivity contribution in [2.24, 2.45) is 0 Å². The van der Waals surface area contributed by atoms with Gasteiger partial charge in [-0.3, -0.25) is 0 Å². The van der Waals surface area contributed by atoms with Crippen LogP contribution in [-0.4, -0.2) is 5.80 Å². The van der Waals surface area contributed by atoms with Crippen LogP contribution in [0.25, 0.3) is 0 Å². The normalized spacial score (nSPS) is 14.6. The van der Waals surface area contributed by atoms with Crippen molar-refractivity contribution < 1.29 is 14.7 Å². The molecule has 0 saturated heterocycles. The van der Waals surface area contributed by atoms with E-state index < -0.39 is 14.7 Å². The van der Waals surface area contributed by atoms with Crippen molar-refractivity contribution in [3.05, 3.63) is 18.3 Å². The van der Waals surface area contributed by atoms with Gasteiger partial charge in [-0.15, -0.1) is 0 Å².